The van der Waals surface area contributed by atoms with Crippen LogP contribution in [-0.2, 0) is 4.74 Å². The van der Waals surface area contributed by atoms with Gasteiger partial charge in [-0.2, -0.15) is 4.58 Å². The molecule has 7 heteroatoms. The lowest BCUT2D eigenvalue weighted by atomic mass is 10.2. The van der Waals surface area contributed by atoms with E-state index in [9.17, 15) is 17.3 Å². The SMILES string of the molecule is C=C1C[N+](C)=C(c2ccccc2)O1.F[B-](F)(F)F. The van der Waals surface area contributed by atoms with E-state index in [0.29, 0.717) is 0 Å². The predicted octanol–water partition coefficient (Wildman–Crippen LogP) is 2.92. The van der Waals surface area contributed by atoms with Gasteiger partial charge >= 0.3 is 13.2 Å². The van der Waals surface area contributed by atoms with Gasteiger partial charge in [-0.1, -0.05) is 24.8 Å². The quantitative estimate of drug-likeness (QED) is 0.430. The lowest BCUT2D eigenvalue weighted by molar-refractivity contribution is -0.482. The van der Waals surface area contributed by atoms with Crippen LogP contribution < -0.4 is 0 Å². The maximum atomic E-state index is 9.75. The lowest BCUT2D eigenvalue weighted by Crippen LogP contribution is -2.11. The molecule has 1 aliphatic heterocycles. The number of ether oxygens (including phenoxy) is 1. The highest BCUT2D eigenvalue weighted by Crippen LogP contribution is 2.11. The molecule has 0 saturated heterocycles. The van der Waals surface area contributed by atoms with E-state index in [1.165, 1.54) is 0 Å². The first-order valence-corrected chi connectivity index (χ1v) is 5.14. The summed E-state index contributed by atoms with van der Waals surface area (Å²) < 4.78 is 46.6. The van der Waals surface area contributed by atoms with Crippen molar-refractivity contribution in [3.8, 4) is 0 Å². The molecule has 0 aromatic heterocycles. The van der Waals surface area contributed by atoms with E-state index in [2.05, 4.69) is 11.2 Å². The van der Waals surface area contributed by atoms with E-state index in [1.54, 1.807) is 0 Å². The van der Waals surface area contributed by atoms with E-state index in [4.69, 9.17) is 4.74 Å². The van der Waals surface area contributed by atoms with Gasteiger partial charge in [-0.05, 0) is 12.1 Å². The van der Waals surface area contributed by atoms with Crippen LogP contribution in [0.25, 0.3) is 0 Å². The molecule has 0 saturated carbocycles. The van der Waals surface area contributed by atoms with Crippen LogP contribution in [-0.4, -0.2) is 31.3 Å². The monoisotopic (exact) mass is 261 g/mol. The molecular weight excluding hydrogens is 249 g/mol. The minimum atomic E-state index is -6.00. The van der Waals surface area contributed by atoms with E-state index in [-0.39, 0.29) is 0 Å². The fraction of sp³-hybridized carbons (Fsp3) is 0.182. The zero-order chi connectivity index (χ0) is 13.8. The molecule has 2 nitrogen and oxygen atoms in total. The van der Waals surface area contributed by atoms with Gasteiger partial charge in [-0.25, -0.2) is 0 Å². The largest absolute Gasteiger partial charge is 0.673 e. The van der Waals surface area contributed by atoms with Crippen LogP contribution in [0.2, 0.25) is 0 Å². The number of benzene rings is 1. The van der Waals surface area contributed by atoms with Crippen LogP contribution in [0.5, 0.6) is 0 Å². The van der Waals surface area contributed by atoms with Crippen LogP contribution in [0, 0.1) is 0 Å². The van der Waals surface area contributed by atoms with Crippen molar-refractivity contribution in [2.24, 2.45) is 0 Å². The van der Waals surface area contributed by atoms with Crippen molar-refractivity contribution < 1.29 is 26.6 Å². The number of likely N-dealkylation sites (N-methyl/N-ethyl adjacent to an activating group) is 1. The Bertz CT molecular complexity index is 450. The van der Waals surface area contributed by atoms with Gasteiger partial charge in [0.05, 0.1) is 5.56 Å². The minimum Gasteiger partial charge on any atom is -0.418 e. The van der Waals surface area contributed by atoms with Crippen molar-refractivity contribution in [3.05, 3.63) is 48.2 Å². The Hall–Kier alpha value is -1.79. The minimum absolute atomic E-state index is 0.782. The van der Waals surface area contributed by atoms with E-state index in [1.807, 2.05) is 37.4 Å². The molecule has 1 aromatic rings. The fourth-order valence-electron chi connectivity index (χ4n) is 1.44. The maximum absolute atomic E-state index is 9.75. The smallest absolute Gasteiger partial charge is 0.418 e. The zero-order valence-corrected chi connectivity index (χ0v) is 9.75. The molecule has 1 aromatic carbocycles. The van der Waals surface area contributed by atoms with Crippen LogP contribution in [0.4, 0.5) is 17.3 Å². The van der Waals surface area contributed by atoms with Gasteiger partial charge in [0.2, 0.25) is 6.54 Å². The molecule has 0 radical (unpaired) electrons. The molecule has 18 heavy (non-hydrogen) atoms. The summed E-state index contributed by atoms with van der Waals surface area (Å²) in [6.45, 7) is 4.58. The van der Waals surface area contributed by atoms with Crippen molar-refractivity contribution in [1.29, 1.82) is 0 Å². The highest BCUT2D eigenvalue weighted by Gasteiger charge is 2.25. The zero-order valence-electron chi connectivity index (χ0n) is 9.75. The van der Waals surface area contributed by atoms with Crippen molar-refractivity contribution >= 4 is 13.2 Å². The summed E-state index contributed by atoms with van der Waals surface area (Å²) in [7, 11) is -4.00. The summed E-state index contributed by atoms with van der Waals surface area (Å²) in [5, 5.41) is 0. The first-order valence-electron chi connectivity index (χ1n) is 5.14. The Morgan fingerprint density at radius 1 is 1.17 bits per heavy atom. The summed E-state index contributed by atoms with van der Waals surface area (Å²) in [6.07, 6.45) is 0. The molecule has 1 aliphatic rings. The second-order valence-corrected chi connectivity index (χ2v) is 3.66. The topological polar surface area (TPSA) is 12.2 Å². The number of hydrogen-bond acceptors (Lipinski definition) is 1. The summed E-state index contributed by atoms with van der Waals surface area (Å²) in [4.78, 5) is 0. The second kappa shape index (κ2) is 5.70. The first kappa shape index (κ1) is 14.3. The van der Waals surface area contributed by atoms with E-state index >= 15 is 0 Å². The Morgan fingerprint density at radius 3 is 2.06 bits per heavy atom. The summed E-state index contributed by atoms with van der Waals surface area (Å²) in [6, 6.07) is 10.1. The third-order valence-electron chi connectivity index (χ3n) is 2.02. The molecule has 0 atom stereocenters. The third-order valence-corrected chi connectivity index (χ3v) is 2.02. The molecule has 0 aliphatic carbocycles. The number of halogens is 4. The second-order valence-electron chi connectivity index (χ2n) is 3.66. The van der Waals surface area contributed by atoms with Crippen LogP contribution in [0.3, 0.4) is 0 Å². The van der Waals surface area contributed by atoms with E-state index < -0.39 is 7.25 Å². The van der Waals surface area contributed by atoms with Gasteiger partial charge in [0.25, 0.3) is 0 Å². The number of hydrogen-bond donors (Lipinski definition) is 0. The average molecular weight is 261 g/mol. The van der Waals surface area contributed by atoms with Gasteiger partial charge in [-0.15, -0.1) is 0 Å². The van der Waals surface area contributed by atoms with E-state index in [0.717, 1.165) is 23.8 Å². The molecule has 1 heterocycles. The Balaban J connectivity index is 0.000000280. The summed E-state index contributed by atoms with van der Waals surface area (Å²) in [5.74, 6) is 1.70. The normalized spacial score (nSPS) is 15.1. The fourth-order valence-corrected chi connectivity index (χ4v) is 1.44. The van der Waals surface area contributed by atoms with Crippen LogP contribution >= 0.6 is 0 Å². The highest BCUT2D eigenvalue weighted by molar-refractivity contribution is 6.50. The molecule has 2 rings (SSSR count). The number of rotatable bonds is 1. The average Bonchev–Trinajstić information content (AvgIpc) is 2.57. The van der Waals surface area contributed by atoms with Gasteiger partial charge < -0.3 is 22.0 Å². The van der Waals surface area contributed by atoms with Crippen molar-refractivity contribution in [1.82, 2.24) is 0 Å². The van der Waals surface area contributed by atoms with Gasteiger partial charge in [-0.3, -0.25) is 0 Å². The van der Waals surface area contributed by atoms with Crippen molar-refractivity contribution in [2.75, 3.05) is 13.6 Å². The van der Waals surface area contributed by atoms with Gasteiger partial charge in [0.15, 0.2) is 5.76 Å². The molecule has 0 amide bonds. The highest BCUT2D eigenvalue weighted by atomic mass is 19.5. The van der Waals surface area contributed by atoms with Crippen LogP contribution in [0.1, 0.15) is 5.56 Å². The standard InChI is InChI=1S/C11H12NO.BF4/c1-9-8-12(2)11(13-9)10-6-4-3-5-7-10;2-1(3,4)5/h3-7H,1,8H2,2H3;/q+1;-1. The maximum Gasteiger partial charge on any atom is 0.673 e. The van der Waals surface area contributed by atoms with Crippen molar-refractivity contribution in [3.63, 3.8) is 0 Å². The molecule has 0 unspecified atom stereocenters. The predicted molar refractivity (Wildman–Crippen MR) is 62.0 cm³/mol. The number of nitrogens with zero attached hydrogens (tertiary/aromatic N) is 1. The Kier molecular flexibility index (Phi) is 4.52. The molecule has 0 N–H and O–H groups in total. The van der Waals surface area contributed by atoms with Crippen molar-refractivity contribution in [2.45, 2.75) is 0 Å². The Morgan fingerprint density at radius 2 is 1.67 bits per heavy atom. The first-order chi connectivity index (χ1) is 8.27. The Labute approximate surface area is 102 Å². The molecule has 98 valence electrons. The molecule has 0 bridgehead atoms. The molecule has 0 fully saturated rings. The molecule has 0 spiro atoms. The van der Waals surface area contributed by atoms with Gasteiger partial charge in [0, 0.05) is 0 Å². The lowest BCUT2D eigenvalue weighted by Gasteiger charge is -1.95. The third kappa shape index (κ3) is 5.03. The summed E-state index contributed by atoms with van der Waals surface area (Å²) in [5.41, 5.74) is 1.10. The molecular formula is C11H12BF4NO. The van der Waals surface area contributed by atoms with Gasteiger partial charge in [0.1, 0.15) is 7.05 Å². The van der Waals surface area contributed by atoms with Crippen LogP contribution in [0.15, 0.2) is 42.7 Å². The summed E-state index contributed by atoms with van der Waals surface area (Å²) >= 11 is 0.